The van der Waals surface area contributed by atoms with Gasteiger partial charge in [-0.05, 0) is 67.9 Å². The molecule has 1 fully saturated rings. The van der Waals surface area contributed by atoms with Crippen LogP contribution in [0.5, 0.6) is 0 Å². The maximum absolute atomic E-state index is 13.2. The number of nitrogens with one attached hydrogen (secondary N) is 2. The fourth-order valence-electron chi connectivity index (χ4n) is 4.90. The van der Waals surface area contributed by atoms with Gasteiger partial charge in [0.1, 0.15) is 6.04 Å². The number of likely N-dealkylation sites (tertiary alicyclic amines) is 1. The lowest BCUT2D eigenvalue weighted by molar-refractivity contribution is -0.118. The molecule has 176 valence electrons. The third-order valence-corrected chi connectivity index (χ3v) is 7.29. The summed E-state index contributed by atoms with van der Waals surface area (Å²) in [4.78, 5) is 40.4. The van der Waals surface area contributed by atoms with Gasteiger partial charge in [0.05, 0.1) is 0 Å². The highest BCUT2D eigenvalue weighted by Gasteiger charge is 2.37. The van der Waals surface area contributed by atoms with Gasteiger partial charge in [0, 0.05) is 43.0 Å². The minimum Gasteiger partial charge on any atom is -0.326 e. The highest BCUT2D eigenvalue weighted by atomic mass is 32.2. The van der Waals surface area contributed by atoms with E-state index in [1.807, 2.05) is 53.8 Å². The molecular formula is C25H32N4O3S. The van der Waals surface area contributed by atoms with Gasteiger partial charge < -0.3 is 20.1 Å². The minimum absolute atomic E-state index is 0.0281. The van der Waals surface area contributed by atoms with Gasteiger partial charge >= 0.3 is 6.03 Å². The third-order valence-electron chi connectivity index (χ3n) is 6.64. The summed E-state index contributed by atoms with van der Waals surface area (Å²) in [6, 6.07) is 10.5. The van der Waals surface area contributed by atoms with Crippen LogP contribution in [-0.4, -0.2) is 52.5 Å². The number of aryl methyl sites for hydroxylation is 2. The van der Waals surface area contributed by atoms with Crippen LogP contribution in [0.3, 0.4) is 0 Å². The third kappa shape index (κ3) is 5.27. The maximum Gasteiger partial charge on any atom is 0.318 e. The normalized spacial score (nSPS) is 20.0. The molecule has 4 rings (SSSR count). The van der Waals surface area contributed by atoms with Crippen LogP contribution in [0.1, 0.15) is 35.6 Å². The van der Waals surface area contributed by atoms with E-state index in [-0.39, 0.29) is 29.3 Å². The Morgan fingerprint density at radius 2 is 1.97 bits per heavy atom. The predicted molar refractivity (Wildman–Crippen MR) is 133 cm³/mol. The van der Waals surface area contributed by atoms with Crippen molar-refractivity contribution in [3.8, 4) is 0 Å². The van der Waals surface area contributed by atoms with Gasteiger partial charge in [-0.3, -0.25) is 9.59 Å². The number of fused-ring (bicyclic) bond motifs is 4. The number of hydrogen-bond acceptors (Lipinski definition) is 4. The Morgan fingerprint density at radius 1 is 1.15 bits per heavy atom. The summed E-state index contributed by atoms with van der Waals surface area (Å²) < 4.78 is 1.85. The van der Waals surface area contributed by atoms with Crippen molar-refractivity contribution in [3.05, 3.63) is 63.6 Å². The van der Waals surface area contributed by atoms with E-state index in [1.165, 1.54) is 0 Å². The van der Waals surface area contributed by atoms with E-state index in [9.17, 15) is 14.4 Å². The number of urea groups is 1. The number of carbonyl (C=O) groups is 2. The molecule has 0 unspecified atom stereocenters. The topological polar surface area (TPSA) is 83.4 Å². The number of amides is 3. The lowest BCUT2D eigenvalue weighted by atomic mass is 9.83. The molecule has 2 N–H and O–H groups in total. The van der Waals surface area contributed by atoms with Crippen molar-refractivity contribution in [1.29, 1.82) is 0 Å². The standard InChI is InChI=1S/C25H32N4O3S/c1-16-7-8-17(2)21(11-16)26-24(31)20(9-10-33-3)27-25(32)28-13-18-12-19(15-28)22-5-4-6-23(30)29(22)14-18/h4-8,11,18-20H,9-10,12-15H2,1-3H3,(H,26,31)(H,27,32)/t18-,19-,20-/m0/s1. The molecule has 3 amide bonds. The predicted octanol–water partition coefficient (Wildman–Crippen LogP) is 3.35. The first kappa shape index (κ1) is 23.4. The molecule has 2 aliphatic heterocycles. The first-order chi connectivity index (χ1) is 15.9. The average molecular weight is 469 g/mol. The van der Waals surface area contributed by atoms with E-state index < -0.39 is 6.04 Å². The van der Waals surface area contributed by atoms with E-state index in [4.69, 9.17) is 0 Å². The van der Waals surface area contributed by atoms with Gasteiger partial charge in [-0.25, -0.2) is 4.79 Å². The van der Waals surface area contributed by atoms with Crippen molar-refractivity contribution in [2.24, 2.45) is 5.92 Å². The molecule has 1 aromatic heterocycles. The first-order valence-corrected chi connectivity index (χ1v) is 12.9. The molecule has 1 saturated heterocycles. The Hall–Kier alpha value is -2.74. The minimum atomic E-state index is -0.610. The van der Waals surface area contributed by atoms with Crippen LogP contribution in [0.25, 0.3) is 0 Å². The molecule has 8 heteroatoms. The fourth-order valence-corrected chi connectivity index (χ4v) is 5.37. The highest BCUT2D eigenvalue weighted by Crippen LogP contribution is 2.34. The number of nitrogens with zero attached hydrogens (tertiary/aromatic N) is 2. The molecule has 1 aromatic carbocycles. The molecule has 0 aliphatic carbocycles. The van der Waals surface area contributed by atoms with Crippen molar-refractivity contribution in [2.75, 3.05) is 30.4 Å². The molecule has 2 aromatic rings. The smallest absolute Gasteiger partial charge is 0.318 e. The number of piperidine rings is 1. The van der Waals surface area contributed by atoms with Crippen LogP contribution >= 0.6 is 11.8 Å². The van der Waals surface area contributed by atoms with E-state index >= 15 is 0 Å². The van der Waals surface area contributed by atoms with Crippen molar-refractivity contribution in [2.45, 2.75) is 45.2 Å². The highest BCUT2D eigenvalue weighted by molar-refractivity contribution is 7.98. The summed E-state index contributed by atoms with van der Waals surface area (Å²) in [6.07, 6.45) is 3.53. The zero-order chi connectivity index (χ0) is 23.5. The molecule has 3 heterocycles. The van der Waals surface area contributed by atoms with Gasteiger partial charge in [-0.2, -0.15) is 11.8 Å². The van der Waals surface area contributed by atoms with E-state index in [1.54, 1.807) is 23.9 Å². The Balaban J connectivity index is 1.46. The maximum atomic E-state index is 13.2. The van der Waals surface area contributed by atoms with Crippen molar-refractivity contribution < 1.29 is 9.59 Å². The molecule has 0 radical (unpaired) electrons. The molecule has 3 atom stereocenters. The molecule has 0 spiro atoms. The number of aromatic nitrogens is 1. The van der Waals surface area contributed by atoms with E-state index in [0.29, 0.717) is 26.1 Å². The number of rotatable bonds is 6. The van der Waals surface area contributed by atoms with Crippen LogP contribution in [0.2, 0.25) is 0 Å². The summed E-state index contributed by atoms with van der Waals surface area (Å²) in [5.74, 6) is 0.966. The van der Waals surface area contributed by atoms with Crippen molar-refractivity contribution >= 4 is 29.4 Å². The van der Waals surface area contributed by atoms with E-state index in [0.717, 1.165) is 34.7 Å². The fraction of sp³-hybridized carbons (Fsp3) is 0.480. The average Bonchev–Trinajstić information content (AvgIpc) is 2.79. The van der Waals surface area contributed by atoms with Gasteiger partial charge in [-0.1, -0.05) is 18.2 Å². The summed E-state index contributed by atoms with van der Waals surface area (Å²) >= 11 is 1.65. The quantitative estimate of drug-likeness (QED) is 0.681. The van der Waals surface area contributed by atoms with E-state index in [2.05, 4.69) is 10.6 Å². The molecule has 0 saturated carbocycles. The van der Waals surface area contributed by atoms with Crippen molar-refractivity contribution in [1.82, 2.24) is 14.8 Å². The Morgan fingerprint density at radius 3 is 2.76 bits per heavy atom. The number of benzene rings is 1. The number of thioether (sulfide) groups is 1. The second-order valence-electron chi connectivity index (χ2n) is 9.19. The second kappa shape index (κ2) is 10.0. The largest absolute Gasteiger partial charge is 0.326 e. The van der Waals surface area contributed by atoms with Gasteiger partial charge in [0.25, 0.3) is 5.56 Å². The first-order valence-electron chi connectivity index (χ1n) is 11.5. The SMILES string of the molecule is CSCC[C@H](NC(=O)N1C[C@@H]2C[C@@H](C1)c1cccc(=O)n1C2)C(=O)Nc1cc(C)ccc1C. The summed E-state index contributed by atoms with van der Waals surface area (Å²) in [7, 11) is 0. The lowest BCUT2D eigenvalue weighted by Crippen LogP contribution is -2.55. The second-order valence-corrected chi connectivity index (χ2v) is 10.2. The lowest BCUT2D eigenvalue weighted by Gasteiger charge is -2.43. The zero-order valence-corrected chi connectivity index (χ0v) is 20.3. The number of anilines is 1. The molecule has 7 nitrogen and oxygen atoms in total. The van der Waals surface area contributed by atoms with Crippen LogP contribution in [0, 0.1) is 19.8 Å². The summed E-state index contributed by atoms with van der Waals surface area (Å²) in [5, 5.41) is 6.00. The molecule has 2 bridgehead atoms. The Bertz CT molecular complexity index is 1100. The summed E-state index contributed by atoms with van der Waals surface area (Å²) in [5.41, 5.74) is 3.86. The van der Waals surface area contributed by atoms with Crippen LogP contribution < -0.4 is 16.2 Å². The monoisotopic (exact) mass is 468 g/mol. The summed E-state index contributed by atoms with van der Waals surface area (Å²) in [6.45, 7) is 5.73. The van der Waals surface area contributed by atoms with Crippen molar-refractivity contribution in [3.63, 3.8) is 0 Å². The molecule has 2 aliphatic rings. The zero-order valence-electron chi connectivity index (χ0n) is 19.5. The number of pyridine rings is 1. The van der Waals surface area contributed by atoms with Gasteiger partial charge in [-0.15, -0.1) is 0 Å². The van der Waals surface area contributed by atoms with Crippen LogP contribution in [-0.2, 0) is 11.3 Å². The van der Waals surface area contributed by atoms with Gasteiger partial charge in [0.2, 0.25) is 5.91 Å². The Kier molecular flexibility index (Phi) is 7.12. The number of carbonyl (C=O) groups excluding carboxylic acids is 2. The number of hydrogen-bond donors (Lipinski definition) is 2. The van der Waals surface area contributed by atoms with Gasteiger partial charge in [0.15, 0.2) is 0 Å². The van der Waals surface area contributed by atoms with Crippen LogP contribution in [0.15, 0.2) is 41.2 Å². The molecule has 33 heavy (non-hydrogen) atoms. The molecular weight excluding hydrogens is 436 g/mol. The Labute approximate surface area is 198 Å². The van der Waals surface area contributed by atoms with Crippen LogP contribution in [0.4, 0.5) is 10.5 Å².